The molecule has 0 saturated heterocycles. The van der Waals surface area contributed by atoms with Gasteiger partial charge in [0.2, 0.25) is 5.91 Å². The van der Waals surface area contributed by atoms with Crippen molar-refractivity contribution in [1.82, 2.24) is 4.90 Å². The Morgan fingerprint density at radius 2 is 2.14 bits per heavy atom. The molecule has 84 valence electrons. The second-order valence-electron chi connectivity index (χ2n) is 3.49. The molecule has 1 atom stereocenters. The summed E-state index contributed by atoms with van der Waals surface area (Å²) in [7, 11) is 1.69. The molecule has 0 heterocycles. The van der Waals surface area contributed by atoms with Gasteiger partial charge in [-0.15, -0.1) is 0 Å². The van der Waals surface area contributed by atoms with Crippen molar-refractivity contribution in [3.05, 3.63) is 0 Å². The summed E-state index contributed by atoms with van der Waals surface area (Å²) in [4.78, 5) is 12.9. The lowest BCUT2D eigenvalue weighted by Crippen LogP contribution is -2.33. The lowest BCUT2D eigenvalue weighted by molar-refractivity contribution is -0.132. The van der Waals surface area contributed by atoms with Gasteiger partial charge in [0.15, 0.2) is 0 Å². The monoisotopic (exact) mass is 203 g/mol. The molecule has 1 unspecified atom stereocenters. The molecule has 0 aromatic heterocycles. The number of nitrogens with zero attached hydrogens (tertiary/aromatic N) is 1. The first kappa shape index (κ1) is 13.4. The van der Waals surface area contributed by atoms with Crippen LogP contribution >= 0.6 is 0 Å². The fraction of sp³-hybridized carbons (Fsp3) is 0.900. The van der Waals surface area contributed by atoms with E-state index in [1.807, 2.05) is 6.92 Å². The van der Waals surface area contributed by atoms with Crippen molar-refractivity contribution in [1.29, 1.82) is 0 Å². The third-order valence-corrected chi connectivity index (χ3v) is 1.77. The lowest BCUT2D eigenvalue weighted by atomic mass is 10.3. The van der Waals surface area contributed by atoms with Crippen LogP contribution in [-0.2, 0) is 9.53 Å². The van der Waals surface area contributed by atoms with E-state index in [1.165, 1.54) is 4.90 Å². The zero-order valence-corrected chi connectivity index (χ0v) is 9.32. The quantitative estimate of drug-likeness (QED) is 0.618. The van der Waals surface area contributed by atoms with E-state index < -0.39 is 6.10 Å². The summed E-state index contributed by atoms with van der Waals surface area (Å²) in [6.45, 7) is 5.25. The van der Waals surface area contributed by atoms with Crippen LogP contribution in [0, 0.1) is 0 Å². The van der Waals surface area contributed by atoms with Crippen LogP contribution in [0.25, 0.3) is 0 Å². The highest BCUT2D eigenvalue weighted by Gasteiger charge is 2.09. The second kappa shape index (κ2) is 7.76. The standard InChI is InChI=1S/C10H21NO3/c1-4-6-14-7-5-10(13)11(3)8-9(2)12/h9,12H,4-8H2,1-3H3. The van der Waals surface area contributed by atoms with Crippen LogP contribution in [0.1, 0.15) is 26.7 Å². The number of aliphatic hydroxyl groups excluding tert-OH is 1. The number of carbonyl (C=O) groups excluding carboxylic acids is 1. The Hall–Kier alpha value is -0.610. The van der Waals surface area contributed by atoms with Crippen LogP contribution in [0.5, 0.6) is 0 Å². The number of amides is 1. The van der Waals surface area contributed by atoms with E-state index in [1.54, 1.807) is 14.0 Å². The zero-order valence-electron chi connectivity index (χ0n) is 9.32. The molecule has 0 aliphatic rings. The largest absolute Gasteiger partial charge is 0.392 e. The normalized spacial score (nSPS) is 12.6. The molecule has 4 heteroatoms. The van der Waals surface area contributed by atoms with Crippen molar-refractivity contribution in [2.75, 3.05) is 26.8 Å². The fourth-order valence-corrected chi connectivity index (χ4v) is 1.09. The van der Waals surface area contributed by atoms with Crippen molar-refractivity contribution in [3.63, 3.8) is 0 Å². The molecular formula is C10H21NO3. The van der Waals surface area contributed by atoms with Gasteiger partial charge in [-0.1, -0.05) is 6.92 Å². The molecule has 0 aromatic rings. The minimum absolute atomic E-state index is 0.0157. The van der Waals surface area contributed by atoms with Crippen molar-refractivity contribution in [2.24, 2.45) is 0 Å². The van der Waals surface area contributed by atoms with Gasteiger partial charge in [-0.3, -0.25) is 4.79 Å². The molecule has 0 aliphatic heterocycles. The SMILES string of the molecule is CCCOCCC(=O)N(C)CC(C)O. The average molecular weight is 203 g/mol. The Labute approximate surface area is 85.9 Å². The summed E-state index contributed by atoms with van der Waals surface area (Å²) in [5.74, 6) is 0.0157. The Morgan fingerprint density at radius 3 is 2.64 bits per heavy atom. The molecule has 0 spiro atoms. The van der Waals surface area contributed by atoms with Crippen LogP contribution in [-0.4, -0.2) is 48.8 Å². The van der Waals surface area contributed by atoms with Gasteiger partial charge in [0, 0.05) is 20.2 Å². The van der Waals surface area contributed by atoms with Gasteiger partial charge >= 0.3 is 0 Å². The topological polar surface area (TPSA) is 49.8 Å². The number of carbonyl (C=O) groups is 1. The molecule has 0 aromatic carbocycles. The van der Waals surface area contributed by atoms with Crippen molar-refractivity contribution < 1.29 is 14.6 Å². The van der Waals surface area contributed by atoms with Crippen LogP contribution in [0.2, 0.25) is 0 Å². The van der Waals surface area contributed by atoms with E-state index in [0.717, 1.165) is 6.42 Å². The number of hydrogen-bond donors (Lipinski definition) is 1. The molecule has 14 heavy (non-hydrogen) atoms. The molecule has 4 nitrogen and oxygen atoms in total. The highest BCUT2D eigenvalue weighted by Crippen LogP contribution is 1.94. The maximum atomic E-state index is 11.4. The molecule has 0 fully saturated rings. The Balaban J connectivity index is 3.52. The highest BCUT2D eigenvalue weighted by molar-refractivity contribution is 5.75. The van der Waals surface area contributed by atoms with Gasteiger partial charge in [-0.25, -0.2) is 0 Å². The molecule has 1 amide bonds. The van der Waals surface area contributed by atoms with Crippen molar-refractivity contribution in [2.45, 2.75) is 32.8 Å². The van der Waals surface area contributed by atoms with E-state index in [9.17, 15) is 4.79 Å². The van der Waals surface area contributed by atoms with Gasteiger partial charge in [-0.2, -0.15) is 0 Å². The van der Waals surface area contributed by atoms with Gasteiger partial charge in [0.25, 0.3) is 0 Å². The van der Waals surface area contributed by atoms with E-state index in [2.05, 4.69) is 0 Å². The number of likely N-dealkylation sites (N-methyl/N-ethyl adjacent to an activating group) is 1. The van der Waals surface area contributed by atoms with Gasteiger partial charge in [0.1, 0.15) is 0 Å². The second-order valence-corrected chi connectivity index (χ2v) is 3.49. The van der Waals surface area contributed by atoms with Crippen LogP contribution in [0.15, 0.2) is 0 Å². The van der Waals surface area contributed by atoms with Crippen molar-refractivity contribution >= 4 is 5.91 Å². The lowest BCUT2D eigenvalue weighted by Gasteiger charge is -2.18. The van der Waals surface area contributed by atoms with Gasteiger partial charge < -0.3 is 14.7 Å². The number of hydrogen-bond acceptors (Lipinski definition) is 3. The highest BCUT2D eigenvalue weighted by atomic mass is 16.5. The van der Waals surface area contributed by atoms with E-state index >= 15 is 0 Å². The van der Waals surface area contributed by atoms with Gasteiger partial charge in [-0.05, 0) is 13.3 Å². The molecule has 0 aliphatic carbocycles. The molecular weight excluding hydrogens is 182 g/mol. The summed E-state index contributed by atoms with van der Waals surface area (Å²) < 4.78 is 5.20. The molecule has 1 N–H and O–H groups in total. The van der Waals surface area contributed by atoms with Crippen molar-refractivity contribution in [3.8, 4) is 0 Å². The molecule has 0 rings (SSSR count). The maximum Gasteiger partial charge on any atom is 0.224 e. The third kappa shape index (κ3) is 6.86. The average Bonchev–Trinajstić information content (AvgIpc) is 2.11. The van der Waals surface area contributed by atoms with E-state index in [0.29, 0.717) is 26.2 Å². The smallest absolute Gasteiger partial charge is 0.224 e. The predicted molar refractivity (Wildman–Crippen MR) is 55.0 cm³/mol. The molecule has 0 saturated carbocycles. The summed E-state index contributed by atoms with van der Waals surface area (Å²) in [5, 5.41) is 9.06. The predicted octanol–water partition coefficient (Wildman–Crippen LogP) is 0.642. The molecule has 0 bridgehead atoms. The number of aliphatic hydroxyl groups is 1. The van der Waals surface area contributed by atoms with Crippen LogP contribution < -0.4 is 0 Å². The molecule has 0 radical (unpaired) electrons. The van der Waals surface area contributed by atoms with Crippen LogP contribution in [0.4, 0.5) is 0 Å². The summed E-state index contributed by atoms with van der Waals surface area (Å²) in [6, 6.07) is 0. The number of ether oxygens (including phenoxy) is 1. The summed E-state index contributed by atoms with van der Waals surface area (Å²) >= 11 is 0. The Morgan fingerprint density at radius 1 is 1.50 bits per heavy atom. The Bertz CT molecular complexity index is 159. The Kier molecular flexibility index (Phi) is 7.42. The summed E-state index contributed by atoms with van der Waals surface area (Å²) in [6.07, 6.45) is 0.890. The minimum atomic E-state index is -0.472. The first-order valence-electron chi connectivity index (χ1n) is 5.07. The minimum Gasteiger partial charge on any atom is -0.392 e. The van der Waals surface area contributed by atoms with Crippen LogP contribution in [0.3, 0.4) is 0 Å². The zero-order chi connectivity index (χ0) is 11.0. The first-order chi connectivity index (χ1) is 6.57. The summed E-state index contributed by atoms with van der Waals surface area (Å²) in [5.41, 5.74) is 0. The third-order valence-electron chi connectivity index (χ3n) is 1.77. The number of rotatable bonds is 7. The maximum absolute atomic E-state index is 11.4. The first-order valence-corrected chi connectivity index (χ1v) is 5.07. The fourth-order valence-electron chi connectivity index (χ4n) is 1.09. The van der Waals surface area contributed by atoms with E-state index in [-0.39, 0.29) is 5.91 Å². The van der Waals surface area contributed by atoms with Gasteiger partial charge in [0.05, 0.1) is 19.1 Å². The van der Waals surface area contributed by atoms with E-state index in [4.69, 9.17) is 9.84 Å².